The van der Waals surface area contributed by atoms with E-state index in [0.29, 0.717) is 5.92 Å². The Balaban J connectivity index is 1.97. The number of piperidine rings is 1. The molecule has 1 aliphatic rings. The van der Waals surface area contributed by atoms with Gasteiger partial charge in [0.1, 0.15) is 0 Å². The lowest BCUT2D eigenvalue weighted by Crippen LogP contribution is -2.29. The van der Waals surface area contributed by atoms with Gasteiger partial charge in [-0.05, 0) is 50.1 Å². The number of aromatic nitrogens is 2. The molecular formula is C16H20BrN3. The molecule has 1 fully saturated rings. The zero-order chi connectivity index (χ0) is 14.1. The van der Waals surface area contributed by atoms with Crippen LogP contribution in [-0.4, -0.2) is 22.9 Å². The monoisotopic (exact) mass is 333 g/mol. The molecule has 106 valence electrons. The second-order valence-corrected chi connectivity index (χ2v) is 6.50. The Kier molecular flexibility index (Phi) is 3.94. The Morgan fingerprint density at radius 1 is 1.35 bits per heavy atom. The molecule has 1 aromatic heterocycles. The maximum Gasteiger partial charge on any atom is 0.0929 e. The number of aryl methyl sites for hydroxylation is 2. The second-order valence-electron chi connectivity index (χ2n) is 5.58. The van der Waals surface area contributed by atoms with Crippen molar-refractivity contribution >= 4 is 15.9 Å². The van der Waals surface area contributed by atoms with E-state index in [0.717, 1.165) is 23.3 Å². The molecule has 0 aliphatic carbocycles. The van der Waals surface area contributed by atoms with Gasteiger partial charge in [-0.25, -0.2) is 0 Å². The highest BCUT2D eigenvalue weighted by Crippen LogP contribution is 2.30. The van der Waals surface area contributed by atoms with Gasteiger partial charge >= 0.3 is 0 Å². The predicted octanol–water partition coefficient (Wildman–Crippen LogP) is 3.63. The molecule has 0 saturated carbocycles. The molecule has 0 radical (unpaired) electrons. The van der Waals surface area contributed by atoms with Crippen molar-refractivity contribution in [3.05, 3.63) is 40.0 Å². The van der Waals surface area contributed by atoms with Crippen LogP contribution in [0, 0.1) is 6.92 Å². The van der Waals surface area contributed by atoms with Crippen LogP contribution in [0.1, 0.15) is 30.0 Å². The maximum absolute atomic E-state index is 4.73. The Hall–Kier alpha value is -1.13. The second kappa shape index (κ2) is 5.70. The summed E-state index contributed by atoms with van der Waals surface area (Å²) in [4.78, 5) is 0. The van der Waals surface area contributed by atoms with Crippen LogP contribution < -0.4 is 5.32 Å². The summed E-state index contributed by atoms with van der Waals surface area (Å²) >= 11 is 3.55. The van der Waals surface area contributed by atoms with Crippen molar-refractivity contribution < 1.29 is 0 Å². The molecule has 1 N–H and O–H groups in total. The van der Waals surface area contributed by atoms with Crippen molar-refractivity contribution in [3.8, 4) is 11.3 Å². The van der Waals surface area contributed by atoms with Gasteiger partial charge in [-0.3, -0.25) is 4.68 Å². The van der Waals surface area contributed by atoms with Gasteiger partial charge in [0.15, 0.2) is 0 Å². The van der Waals surface area contributed by atoms with E-state index in [4.69, 9.17) is 5.10 Å². The lowest BCUT2D eigenvalue weighted by atomic mass is 9.95. The predicted molar refractivity (Wildman–Crippen MR) is 85.9 cm³/mol. The van der Waals surface area contributed by atoms with Gasteiger partial charge in [-0.2, -0.15) is 5.10 Å². The summed E-state index contributed by atoms with van der Waals surface area (Å²) in [5.74, 6) is 0.586. The zero-order valence-corrected chi connectivity index (χ0v) is 13.6. The summed E-state index contributed by atoms with van der Waals surface area (Å²) in [5.41, 5.74) is 4.89. The average Bonchev–Trinajstić information content (AvgIpc) is 2.84. The fraction of sp³-hybridized carbons (Fsp3) is 0.438. The van der Waals surface area contributed by atoms with Crippen LogP contribution in [0.2, 0.25) is 0 Å². The van der Waals surface area contributed by atoms with Gasteiger partial charge in [0.25, 0.3) is 0 Å². The van der Waals surface area contributed by atoms with Gasteiger partial charge in [-0.15, -0.1) is 0 Å². The van der Waals surface area contributed by atoms with Crippen LogP contribution in [0.15, 0.2) is 28.7 Å². The van der Waals surface area contributed by atoms with Crippen molar-refractivity contribution in [2.75, 3.05) is 13.1 Å². The van der Waals surface area contributed by atoms with E-state index in [2.05, 4.69) is 59.5 Å². The molecule has 4 heteroatoms. The minimum atomic E-state index is 0.586. The first-order valence-corrected chi connectivity index (χ1v) is 7.95. The van der Waals surface area contributed by atoms with Crippen molar-refractivity contribution in [2.24, 2.45) is 7.05 Å². The van der Waals surface area contributed by atoms with E-state index < -0.39 is 0 Å². The molecule has 0 amide bonds. The van der Waals surface area contributed by atoms with E-state index in [1.54, 1.807) is 0 Å². The van der Waals surface area contributed by atoms with E-state index in [-0.39, 0.29) is 0 Å². The number of nitrogens with zero attached hydrogens (tertiary/aromatic N) is 2. The smallest absolute Gasteiger partial charge is 0.0929 e. The van der Waals surface area contributed by atoms with Crippen LogP contribution in [0.25, 0.3) is 11.3 Å². The Morgan fingerprint density at radius 2 is 2.20 bits per heavy atom. The van der Waals surface area contributed by atoms with Gasteiger partial charge in [0, 0.05) is 35.2 Å². The summed E-state index contributed by atoms with van der Waals surface area (Å²) in [6.45, 7) is 4.35. The van der Waals surface area contributed by atoms with Gasteiger partial charge < -0.3 is 5.32 Å². The number of nitrogens with one attached hydrogen (secondary N) is 1. The van der Waals surface area contributed by atoms with Crippen LogP contribution in [0.3, 0.4) is 0 Å². The SMILES string of the molecule is Cc1ccc(Br)cc1-c1cc(C2CCCNC2)n(C)n1. The van der Waals surface area contributed by atoms with Crippen LogP contribution in [0.5, 0.6) is 0 Å². The number of benzene rings is 1. The van der Waals surface area contributed by atoms with E-state index >= 15 is 0 Å². The van der Waals surface area contributed by atoms with Crippen LogP contribution >= 0.6 is 15.9 Å². The van der Waals surface area contributed by atoms with Gasteiger partial charge in [0.05, 0.1) is 5.69 Å². The molecule has 3 rings (SSSR count). The number of hydrogen-bond acceptors (Lipinski definition) is 2. The molecule has 3 nitrogen and oxygen atoms in total. The summed E-state index contributed by atoms with van der Waals surface area (Å²) in [7, 11) is 2.06. The molecule has 0 spiro atoms. The van der Waals surface area contributed by atoms with Crippen molar-refractivity contribution in [3.63, 3.8) is 0 Å². The third-order valence-corrected chi connectivity index (χ3v) is 4.60. The van der Waals surface area contributed by atoms with Gasteiger partial charge in [-0.1, -0.05) is 22.0 Å². The first-order valence-electron chi connectivity index (χ1n) is 7.16. The highest BCUT2D eigenvalue weighted by Gasteiger charge is 2.20. The van der Waals surface area contributed by atoms with Crippen LogP contribution in [-0.2, 0) is 7.05 Å². The first kappa shape index (κ1) is 13.8. The van der Waals surface area contributed by atoms with E-state index in [1.807, 2.05) is 4.68 Å². The largest absolute Gasteiger partial charge is 0.316 e. The lowest BCUT2D eigenvalue weighted by molar-refractivity contribution is 0.441. The van der Waals surface area contributed by atoms with E-state index in [9.17, 15) is 0 Å². The normalized spacial score (nSPS) is 19.2. The fourth-order valence-corrected chi connectivity index (χ4v) is 3.33. The minimum Gasteiger partial charge on any atom is -0.316 e. The zero-order valence-electron chi connectivity index (χ0n) is 12.0. The molecule has 2 aromatic rings. The van der Waals surface area contributed by atoms with Crippen molar-refractivity contribution in [1.82, 2.24) is 15.1 Å². The summed E-state index contributed by atoms with van der Waals surface area (Å²) < 4.78 is 3.15. The summed E-state index contributed by atoms with van der Waals surface area (Å²) in [6, 6.07) is 8.62. The molecule has 1 aliphatic heterocycles. The average molecular weight is 334 g/mol. The molecule has 20 heavy (non-hydrogen) atoms. The van der Waals surface area contributed by atoms with Crippen molar-refractivity contribution in [2.45, 2.75) is 25.7 Å². The fourth-order valence-electron chi connectivity index (χ4n) is 2.97. The first-order chi connectivity index (χ1) is 9.65. The molecule has 1 atom stereocenters. The van der Waals surface area contributed by atoms with Crippen molar-refractivity contribution in [1.29, 1.82) is 0 Å². The Bertz CT molecular complexity index is 612. The number of halogens is 1. The highest BCUT2D eigenvalue weighted by molar-refractivity contribution is 9.10. The third kappa shape index (κ3) is 2.67. The minimum absolute atomic E-state index is 0.586. The molecule has 0 bridgehead atoms. The third-order valence-electron chi connectivity index (χ3n) is 4.11. The maximum atomic E-state index is 4.73. The quantitative estimate of drug-likeness (QED) is 0.909. The highest BCUT2D eigenvalue weighted by atomic mass is 79.9. The van der Waals surface area contributed by atoms with Crippen LogP contribution in [0.4, 0.5) is 0 Å². The molecule has 1 saturated heterocycles. The Labute approximate surface area is 128 Å². The topological polar surface area (TPSA) is 29.9 Å². The van der Waals surface area contributed by atoms with Gasteiger partial charge in [0.2, 0.25) is 0 Å². The molecule has 2 heterocycles. The molecule has 1 aromatic carbocycles. The number of hydrogen-bond donors (Lipinski definition) is 1. The Morgan fingerprint density at radius 3 is 2.95 bits per heavy atom. The lowest BCUT2D eigenvalue weighted by Gasteiger charge is -2.22. The summed E-state index contributed by atoms with van der Waals surface area (Å²) in [5, 5.41) is 8.21. The molecule has 1 unspecified atom stereocenters. The molecular weight excluding hydrogens is 314 g/mol. The number of rotatable bonds is 2. The van der Waals surface area contributed by atoms with E-state index in [1.165, 1.54) is 29.7 Å². The standard InChI is InChI=1S/C16H20BrN3/c1-11-5-6-13(17)8-14(11)15-9-16(20(2)19-15)12-4-3-7-18-10-12/h5-6,8-9,12,18H,3-4,7,10H2,1-2H3. The summed E-state index contributed by atoms with van der Waals surface area (Å²) in [6.07, 6.45) is 2.50.